The fourth-order valence-electron chi connectivity index (χ4n) is 4.48. The Labute approximate surface area is 171 Å². The number of hydrogen-bond acceptors (Lipinski definition) is 3. The van der Waals surface area contributed by atoms with E-state index in [4.69, 9.17) is 9.73 Å². The van der Waals surface area contributed by atoms with Crippen molar-refractivity contribution < 1.29 is 4.74 Å². The Balaban J connectivity index is 1.60. The van der Waals surface area contributed by atoms with Crippen LogP contribution in [0.5, 0.6) is 0 Å². The molecule has 28 heavy (non-hydrogen) atoms. The van der Waals surface area contributed by atoms with Crippen LogP contribution in [-0.2, 0) is 4.74 Å². The topological polar surface area (TPSA) is 40.1 Å². The smallest absolute Gasteiger partial charge is 0.193 e. The van der Waals surface area contributed by atoms with Crippen LogP contribution in [0.4, 0.5) is 0 Å². The normalized spacial score (nSPS) is 25.6. The molecule has 156 valence electrons. The first-order chi connectivity index (χ1) is 13.7. The quantitative estimate of drug-likeness (QED) is 0.549. The average molecular weight is 387 g/mol. The van der Waals surface area contributed by atoms with Crippen molar-refractivity contribution in [2.45, 2.75) is 39.7 Å². The summed E-state index contributed by atoms with van der Waals surface area (Å²) >= 11 is 0. The first-order valence-corrected chi connectivity index (χ1v) is 11.2. The van der Waals surface area contributed by atoms with Gasteiger partial charge in [0, 0.05) is 45.2 Å². The molecule has 5 heteroatoms. The van der Waals surface area contributed by atoms with E-state index in [-0.39, 0.29) is 6.10 Å². The number of nitrogens with zero attached hydrogens (tertiary/aromatic N) is 3. The molecule has 2 saturated heterocycles. The van der Waals surface area contributed by atoms with E-state index in [1.165, 1.54) is 18.5 Å². The highest BCUT2D eigenvalue weighted by atomic mass is 16.5. The van der Waals surface area contributed by atoms with Crippen LogP contribution < -0.4 is 5.32 Å². The van der Waals surface area contributed by atoms with Gasteiger partial charge in [-0.1, -0.05) is 44.2 Å². The summed E-state index contributed by atoms with van der Waals surface area (Å²) in [6, 6.07) is 10.6. The van der Waals surface area contributed by atoms with E-state index in [1.54, 1.807) is 0 Å². The van der Waals surface area contributed by atoms with Gasteiger partial charge in [0.05, 0.1) is 6.10 Å². The van der Waals surface area contributed by atoms with Crippen LogP contribution in [0, 0.1) is 11.8 Å². The van der Waals surface area contributed by atoms with Crippen LogP contribution in [0.3, 0.4) is 0 Å². The largest absolute Gasteiger partial charge is 0.373 e. The van der Waals surface area contributed by atoms with Gasteiger partial charge in [-0.15, -0.1) is 0 Å². The molecule has 5 nitrogen and oxygen atoms in total. The summed E-state index contributed by atoms with van der Waals surface area (Å²) in [5.41, 5.74) is 1.28. The number of rotatable bonds is 8. The van der Waals surface area contributed by atoms with E-state index in [0.29, 0.717) is 5.92 Å². The van der Waals surface area contributed by atoms with E-state index in [1.807, 2.05) is 0 Å². The van der Waals surface area contributed by atoms with Gasteiger partial charge in [0.2, 0.25) is 0 Å². The Morgan fingerprint density at radius 3 is 2.68 bits per heavy atom. The molecule has 0 amide bonds. The summed E-state index contributed by atoms with van der Waals surface area (Å²) < 4.78 is 6.05. The highest BCUT2D eigenvalue weighted by Crippen LogP contribution is 2.34. The molecule has 1 aromatic rings. The number of aliphatic imine (C=N–C) groups is 1. The zero-order valence-electron chi connectivity index (χ0n) is 17.9. The van der Waals surface area contributed by atoms with Gasteiger partial charge in [0.1, 0.15) is 0 Å². The van der Waals surface area contributed by atoms with Crippen molar-refractivity contribution in [1.29, 1.82) is 0 Å². The maximum absolute atomic E-state index is 6.05. The summed E-state index contributed by atoms with van der Waals surface area (Å²) in [7, 11) is 0. The SMILES string of the molecule is CCNC(=NCC1CCOC1c1ccccc1)N1CCC(CN(CC)CC)C1. The minimum Gasteiger partial charge on any atom is -0.373 e. The third-order valence-corrected chi connectivity index (χ3v) is 6.15. The van der Waals surface area contributed by atoms with E-state index >= 15 is 0 Å². The number of hydrogen-bond donors (Lipinski definition) is 1. The molecular formula is C23H38N4O. The third-order valence-electron chi connectivity index (χ3n) is 6.15. The van der Waals surface area contributed by atoms with Crippen LogP contribution in [0.25, 0.3) is 0 Å². The second-order valence-electron chi connectivity index (χ2n) is 8.03. The molecule has 1 N–H and O–H groups in total. The average Bonchev–Trinajstić information content (AvgIpc) is 3.39. The molecule has 0 aromatic heterocycles. The van der Waals surface area contributed by atoms with Gasteiger partial charge in [0.15, 0.2) is 5.96 Å². The van der Waals surface area contributed by atoms with Crippen molar-refractivity contribution in [3.63, 3.8) is 0 Å². The molecule has 1 aromatic carbocycles. The molecule has 0 aliphatic carbocycles. The van der Waals surface area contributed by atoms with Crippen molar-refractivity contribution in [2.24, 2.45) is 16.8 Å². The van der Waals surface area contributed by atoms with Crippen molar-refractivity contribution in [3.8, 4) is 0 Å². The standard InChI is InChI=1S/C23H38N4O/c1-4-24-23(27-14-12-19(18-27)17-26(5-2)6-3)25-16-21-13-15-28-22(21)20-10-8-7-9-11-20/h7-11,19,21-22H,4-6,12-18H2,1-3H3,(H,24,25). The Kier molecular flexibility index (Phi) is 8.16. The van der Waals surface area contributed by atoms with Gasteiger partial charge in [-0.2, -0.15) is 0 Å². The molecular weight excluding hydrogens is 348 g/mol. The van der Waals surface area contributed by atoms with Crippen molar-refractivity contribution in [3.05, 3.63) is 35.9 Å². The number of likely N-dealkylation sites (tertiary alicyclic amines) is 1. The lowest BCUT2D eigenvalue weighted by Crippen LogP contribution is -2.41. The van der Waals surface area contributed by atoms with Crippen LogP contribution >= 0.6 is 0 Å². The van der Waals surface area contributed by atoms with Crippen molar-refractivity contribution >= 4 is 5.96 Å². The minimum absolute atomic E-state index is 0.182. The van der Waals surface area contributed by atoms with Gasteiger partial charge in [0.25, 0.3) is 0 Å². The van der Waals surface area contributed by atoms with Crippen molar-refractivity contribution in [2.75, 3.05) is 52.4 Å². The molecule has 0 radical (unpaired) electrons. The monoisotopic (exact) mass is 386 g/mol. The van der Waals surface area contributed by atoms with Crippen LogP contribution in [0.15, 0.2) is 35.3 Å². The summed E-state index contributed by atoms with van der Waals surface area (Å²) in [4.78, 5) is 10.0. The molecule has 3 rings (SSSR count). The highest BCUT2D eigenvalue weighted by Gasteiger charge is 2.30. The fourth-order valence-corrected chi connectivity index (χ4v) is 4.48. The first kappa shape index (κ1) is 21.1. The van der Waals surface area contributed by atoms with Crippen LogP contribution in [0.1, 0.15) is 45.3 Å². The molecule has 2 aliphatic rings. The van der Waals surface area contributed by atoms with Gasteiger partial charge in [-0.05, 0) is 44.3 Å². The predicted molar refractivity (Wildman–Crippen MR) is 117 cm³/mol. The van der Waals surface area contributed by atoms with Gasteiger partial charge in [-0.3, -0.25) is 4.99 Å². The molecule has 0 spiro atoms. The number of nitrogens with one attached hydrogen (secondary N) is 1. The Morgan fingerprint density at radius 2 is 1.96 bits per heavy atom. The summed E-state index contributed by atoms with van der Waals surface area (Å²) in [6.07, 6.45) is 2.54. The Hall–Kier alpha value is -1.59. The Morgan fingerprint density at radius 1 is 1.18 bits per heavy atom. The van der Waals surface area contributed by atoms with E-state index in [0.717, 1.165) is 64.2 Å². The maximum Gasteiger partial charge on any atom is 0.193 e. The molecule has 0 saturated carbocycles. The number of guanidine groups is 1. The lowest BCUT2D eigenvalue weighted by Gasteiger charge is -2.25. The highest BCUT2D eigenvalue weighted by molar-refractivity contribution is 5.80. The van der Waals surface area contributed by atoms with E-state index < -0.39 is 0 Å². The Bertz CT molecular complexity index is 602. The maximum atomic E-state index is 6.05. The summed E-state index contributed by atoms with van der Waals surface area (Å²) in [6.45, 7) is 15.0. The van der Waals surface area contributed by atoms with Crippen LogP contribution in [0.2, 0.25) is 0 Å². The lowest BCUT2D eigenvalue weighted by molar-refractivity contribution is 0.0925. The molecule has 2 heterocycles. The molecule has 0 bridgehead atoms. The van der Waals surface area contributed by atoms with Gasteiger partial charge in [-0.25, -0.2) is 0 Å². The lowest BCUT2D eigenvalue weighted by atomic mass is 9.95. The zero-order valence-corrected chi connectivity index (χ0v) is 17.9. The van der Waals surface area contributed by atoms with E-state index in [9.17, 15) is 0 Å². The summed E-state index contributed by atoms with van der Waals surface area (Å²) in [5.74, 6) is 2.30. The molecule has 3 unspecified atom stereocenters. The zero-order chi connectivity index (χ0) is 19.8. The second-order valence-corrected chi connectivity index (χ2v) is 8.03. The first-order valence-electron chi connectivity index (χ1n) is 11.2. The van der Waals surface area contributed by atoms with Crippen LogP contribution in [-0.4, -0.2) is 68.2 Å². The molecule has 3 atom stereocenters. The number of ether oxygens (including phenoxy) is 1. The summed E-state index contributed by atoms with van der Waals surface area (Å²) in [5, 5.41) is 3.53. The second kappa shape index (κ2) is 10.8. The molecule has 2 fully saturated rings. The van der Waals surface area contributed by atoms with Crippen molar-refractivity contribution in [1.82, 2.24) is 15.1 Å². The van der Waals surface area contributed by atoms with E-state index in [2.05, 4.69) is 66.2 Å². The minimum atomic E-state index is 0.182. The molecule has 2 aliphatic heterocycles. The van der Waals surface area contributed by atoms with Gasteiger partial charge >= 0.3 is 0 Å². The predicted octanol–water partition coefficient (Wildman–Crippen LogP) is 3.39. The third kappa shape index (κ3) is 5.48. The van der Waals surface area contributed by atoms with Gasteiger partial charge < -0.3 is 19.9 Å². The fraction of sp³-hybridized carbons (Fsp3) is 0.696. The number of benzene rings is 1.